The number of hydrogen-bond acceptors (Lipinski definition) is 7. The highest BCUT2D eigenvalue weighted by atomic mass is 32.2. The number of amides is 3. The van der Waals surface area contributed by atoms with Crippen LogP contribution in [0.3, 0.4) is 0 Å². The first-order valence-corrected chi connectivity index (χ1v) is 12.7. The molecular weight excluding hydrogens is 488 g/mol. The molecule has 1 fully saturated rings. The van der Waals surface area contributed by atoms with Crippen LogP contribution < -0.4 is 9.50 Å². The lowest BCUT2D eigenvalue weighted by atomic mass is 10.2. The van der Waals surface area contributed by atoms with Crippen LogP contribution in [0.4, 0.5) is 10.5 Å². The molecule has 35 heavy (non-hydrogen) atoms. The van der Waals surface area contributed by atoms with Gasteiger partial charge in [0.25, 0.3) is 11.1 Å². The molecule has 0 saturated carbocycles. The van der Waals surface area contributed by atoms with Crippen LogP contribution in [0.5, 0.6) is 5.75 Å². The molecule has 0 spiro atoms. The molecule has 0 aliphatic carbocycles. The third-order valence-corrected chi connectivity index (χ3v) is 7.05. The third-order valence-electron chi connectivity index (χ3n) is 4.88. The van der Waals surface area contributed by atoms with Gasteiger partial charge in [-0.1, -0.05) is 42.5 Å². The molecule has 4 rings (SSSR count). The fraction of sp³-hybridized carbons (Fsp3) is 0.0800. The van der Waals surface area contributed by atoms with Gasteiger partial charge in [0.1, 0.15) is 10.6 Å². The monoisotopic (exact) mass is 508 g/mol. The number of thioether (sulfide) groups is 1. The van der Waals surface area contributed by atoms with Crippen LogP contribution in [-0.4, -0.2) is 30.4 Å². The Morgan fingerprint density at radius 2 is 1.71 bits per heavy atom. The lowest BCUT2D eigenvalue weighted by Crippen LogP contribution is -2.27. The van der Waals surface area contributed by atoms with Crippen molar-refractivity contribution in [1.29, 1.82) is 0 Å². The summed E-state index contributed by atoms with van der Waals surface area (Å²) in [7, 11) is -4.13. The van der Waals surface area contributed by atoms with Crippen molar-refractivity contribution in [2.24, 2.45) is 0 Å². The number of imide groups is 1. The van der Waals surface area contributed by atoms with Crippen molar-refractivity contribution in [2.75, 3.05) is 5.32 Å². The van der Waals surface area contributed by atoms with E-state index in [2.05, 4.69) is 5.32 Å². The van der Waals surface area contributed by atoms with Gasteiger partial charge in [0.15, 0.2) is 0 Å². The van der Waals surface area contributed by atoms with Gasteiger partial charge < -0.3 is 9.50 Å². The number of nitrogens with one attached hydrogen (secondary N) is 1. The molecule has 1 saturated heterocycles. The molecule has 3 aromatic rings. The summed E-state index contributed by atoms with van der Waals surface area (Å²) in [6.45, 7) is 1.52. The topological polar surface area (TPSA) is 110 Å². The largest absolute Gasteiger partial charge is 0.379 e. The van der Waals surface area contributed by atoms with Crippen LogP contribution in [-0.2, 0) is 26.3 Å². The molecule has 1 N–H and O–H groups in total. The van der Waals surface area contributed by atoms with Gasteiger partial charge in [-0.05, 0) is 65.4 Å². The van der Waals surface area contributed by atoms with Crippen molar-refractivity contribution in [1.82, 2.24) is 4.90 Å². The summed E-state index contributed by atoms with van der Waals surface area (Å²) >= 11 is 0.827. The summed E-state index contributed by atoms with van der Waals surface area (Å²) in [6.07, 6.45) is 1.53. The summed E-state index contributed by atoms with van der Waals surface area (Å²) in [5.41, 5.74) is 1.80. The van der Waals surface area contributed by atoms with Crippen molar-refractivity contribution in [3.63, 3.8) is 0 Å². The molecule has 10 heteroatoms. The van der Waals surface area contributed by atoms with Crippen LogP contribution >= 0.6 is 11.8 Å². The van der Waals surface area contributed by atoms with Gasteiger partial charge in [0.2, 0.25) is 5.91 Å². The van der Waals surface area contributed by atoms with Crippen LogP contribution in [0, 0.1) is 0 Å². The molecule has 0 atom stereocenters. The minimum absolute atomic E-state index is 0.0493. The predicted molar refractivity (Wildman–Crippen MR) is 133 cm³/mol. The molecular formula is C25H20N2O6S2. The van der Waals surface area contributed by atoms with E-state index in [-0.39, 0.29) is 33.2 Å². The summed E-state index contributed by atoms with van der Waals surface area (Å²) in [6, 6.07) is 21.0. The molecule has 1 heterocycles. The maximum atomic E-state index is 12.8. The van der Waals surface area contributed by atoms with E-state index in [0.717, 1.165) is 17.3 Å². The van der Waals surface area contributed by atoms with E-state index in [1.807, 2.05) is 30.3 Å². The minimum atomic E-state index is -4.13. The van der Waals surface area contributed by atoms with E-state index in [4.69, 9.17) is 4.18 Å². The Bertz CT molecular complexity index is 1420. The Hall–Kier alpha value is -3.89. The standard InChI is InChI=1S/C25H20N2O6S2/c1-17(28)26-20-10-12-22(13-11-20)35(31,32)33-21-9-5-8-19(14-21)15-23-24(29)27(25(30)34-23)16-18-6-3-2-4-7-18/h2-15H,16H2,1H3,(H,26,28)/b23-15-. The predicted octanol–water partition coefficient (Wildman–Crippen LogP) is 4.65. The molecule has 178 valence electrons. The smallest absolute Gasteiger partial charge is 0.339 e. The third kappa shape index (κ3) is 5.97. The van der Waals surface area contributed by atoms with E-state index in [1.54, 1.807) is 12.1 Å². The quantitative estimate of drug-likeness (QED) is 0.365. The Morgan fingerprint density at radius 1 is 1.00 bits per heavy atom. The van der Waals surface area contributed by atoms with Gasteiger partial charge in [0, 0.05) is 12.6 Å². The van der Waals surface area contributed by atoms with E-state index in [1.165, 1.54) is 54.3 Å². The maximum Gasteiger partial charge on any atom is 0.339 e. The second kappa shape index (κ2) is 10.2. The zero-order chi connectivity index (χ0) is 25.0. The van der Waals surface area contributed by atoms with Crippen molar-refractivity contribution in [2.45, 2.75) is 18.4 Å². The van der Waals surface area contributed by atoms with Gasteiger partial charge in [0.05, 0.1) is 11.4 Å². The second-order valence-electron chi connectivity index (χ2n) is 7.57. The molecule has 8 nitrogen and oxygen atoms in total. The molecule has 3 aromatic carbocycles. The Balaban J connectivity index is 1.49. The van der Waals surface area contributed by atoms with Gasteiger partial charge >= 0.3 is 10.1 Å². The lowest BCUT2D eigenvalue weighted by molar-refractivity contribution is -0.123. The summed E-state index contributed by atoms with van der Waals surface area (Å²) < 4.78 is 30.6. The first kappa shape index (κ1) is 24.2. The highest BCUT2D eigenvalue weighted by Gasteiger charge is 2.35. The van der Waals surface area contributed by atoms with Crippen molar-refractivity contribution >= 4 is 50.7 Å². The maximum absolute atomic E-state index is 12.8. The van der Waals surface area contributed by atoms with Crippen molar-refractivity contribution < 1.29 is 27.0 Å². The molecule has 0 aromatic heterocycles. The number of nitrogens with zero attached hydrogens (tertiary/aromatic N) is 1. The van der Waals surface area contributed by atoms with Crippen LogP contribution in [0.25, 0.3) is 6.08 Å². The summed E-state index contributed by atoms with van der Waals surface area (Å²) in [5, 5.41) is 2.19. The normalized spacial score (nSPS) is 14.9. The molecule has 1 aliphatic heterocycles. The van der Waals surface area contributed by atoms with Crippen molar-refractivity contribution in [3.8, 4) is 5.75 Å². The Morgan fingerprint density at radius 3 is 2.40 bits per heavy atom. The van der Waals surface area contributed by atoms with E-state index in [0.29, 0.717) is 11.3 Å². The number of carbonyl (C=O) groups is 3. The molecule has 0 bridgehead atoms. The number of hydrogen-bond donors (Lipinski definition) is 1. The zero-order valence-corrected chi connectivity index (χ0v) is 20.1. The number of benzene rings is 3. The van der Waals surface area contributed by atoms with Gasteiger partial charge in [-0.3, -0.25) is 19.3 Å². The van der Waals surface area contributed by atoms with E-state index in [9.17, 15) is 22.8 Å². The van der Waals surface area contributed by atoms with Crippen LogP contribution in [0.15, 0.2) is 88.7 Å². The molecule has 3 amide bonds. The van der Waals surface area contributed by atoms with Gasteiger partial charge in [-0.15, -0.1) is 0 Å². The lowest BCUT2D eigenvalue weighted by Gasteiger charge is -2.12. The number of carbonyl (C=O) groups excluding carboxylic acids is 3. The van der Waals surface area contributed by atoms with Gasteiger partial charge in [-0.2, -0.15) is 8.42 Å². The van der Waals surface area contributed by atoms with Crippen LogP contribution in [0.2, 0.25) is 0 Å². The Kier molecular flexibility index (Phi) is 7.04. The molecule has 0 unspecified atom stereocenters. The fourth-order valence-electron chi connectivity index (χ4n) is 3.29. The number of rotatable bonds is 7. The van der Waals surface area contributed by atoms with E-state index < -0.39 is 16.0 Å². The first-order chi connectivity index (χ1) is 16.7. The summed E-state index contributed by atoms with van der Waals surface area (Å²) in [4.78, 5) is 37.6. The second-order valence-corrected chi connectivity index (χ2v) is 10.1. The fourth-order valence-corrected chi connectivity index (χ4v) is 5.05. The highest BCUT2D eigenvalue weighted by Crippen LogP contribution is 2.34. The average Bonchev–Trinajstić information content (AvgIpc) is 3.07. The Labute approximate surface area is 206 Å². The first-order valence-electron chi connectivity index (χ1n) is 10.4. The van der Waals surface area contributed by atoms with Crippen molar-refractivity contribution in [3.05, 3.63) is 94.9 Å². The molecule has 0 radical (unpaired) electrons. The van der Waals surface area contributed by atoms with E-state index >= 15 is 0 Å². The highest BCUT2D eigenvalue weighted by molar-refractivity contribution is 8.18. The van der Waals surface area contributed by atoms with Gasteiger partial charge in [-0.25, -0.2) is 0 Å². The summed E-state index contributed by atoms with van der Waals surface area (Å²) in [5.74, 6) is -0.637. The molecule has 1 aliphatic rings. The SMILES string of the molecule is CC(=O)Nc1ccc(S(=O)(=O)Oc2cccc(/C=C3\SC(=O)N(Cc4ccccc4)C3=O)c2)cc1. The zero-order valence-electron chi connectivity index (χ0n) is 18.5. The number of anilines is 1. The average molecular weight is 509 g/mol. The van der Waals surface area contributed by atoms with Crippen LogP contribution in [0.1, 0.15) is 18.1 Å². The minimum Gasteiger partial charge on any atom is -0.379 e.